The van der Waals surface area contributed by atoms with Crippen molar-refractivity contribution in [3.05, 3.63) is 0 Å². The van der Waals surface area contributed by atoms with Gasteiger partial charge in [-0.15, -0.1) is 0 Å². The van der Waals surface area contributed by atoms with Crippen LogP contribution in [0.2, 0.25) is 0 Å². The molecule has 0 rings (SSSR count). The molecule has 106 valence electrons. The highest BCUT2D eigenvalue weighted by Crippen LogP contribution is 2.05. The first-order valence-corrected chi connectivity index (χ1v) is 6.28. The number of amides is 2. The van der Waals surface area contributed by atoms with Gasteiger partial charge in [0.2, 0.25) is 0 Å². The van der Waals surface area contributed by atoms with Gasteiger partial charge in [0.15, 0.2) is 0 Å². The van der Waals surface area contributed by atoms with Crippen LogP contribution >= 0.6 is 0 Å². The molecule has 0 radical (unpaired) electrons. The molecule has 0 aromatic heterocycles. The minimum atomic E-state index is -0.883. The molecule has 2 amide bonds. The number of rotatable bonds is 8. The number of carbonyl (C=O) groups is 2. The minimum Gasteiger partial charge on any atom is -0.481 e. The fourth-order valence-electron chi connectivity index (χ4n) is 1.60. The normalized spacial score (nSPS) is 10.5. The van der Waals surface area contributed by atoms with E-state index in [9.17, 15) is 9.59 Å². The van der Waals surface area contributed by atoms with Crippen molar-refractivity contribution < 1.29 is 14.7 Å². The van der Waals surface area contributed by atoms with Crippen LogP contribution in [-0.4, -0.2) is 66.7 Å². The van der Waals surface area contributed by atoms with Gasteiger partial charge in [-0.3, -0.25) is 4.79 Å². The second-order valence-corrected chi connectivity index (χ2v) is 4.59. The number of nitrogens with zero attached hydrogens (tertiary/aromatic N) is 2. The summed E-state index contributed by atoms with van der Waals surface area (Å²) in [5.74, 6) is -0.883. The zero-order valence-electron chi connectivity index (χ0n) is 11.8. The molecule has 0 saturated carbocycles. The van der Waals surface area contributed by atoms with Gasteiger partial charge in [0.25, 0.3) is 0 Å². The lowest BCUT2D eigenvalue weighted by Crippen LogP contribution is -2.46. The Morgan fingerprint density at radius 1 is 1.28 bits per heavy atom. The van der Waals surface area contributed by atoms with Crippen molar-refractivity contribution in [2.24, 2.45) is 0 Å². The van der Waals surface area contributed by atoms with Gasteiger partial charge in [-0.25, -0.2) is 4.79 Å². The summed E-state index contributed by atoms with van der Waals surface area (Å²) in [4.78, 5) is 25.9. The third-order valence-corrected chi connectivity index (χ3v) is 2.68. The third kappa shape index (κ3) is 6.44. The second-order valence-electron chi connectivity index (χ2n) is 4.59. The lowest BCUT2D eigenvalue weighted by atomic mass is 10.3. The highest BCUT2D eigenvalue weighted by molar-refractivity contribution is 5.75. The van der Waals surface area contributed by atoms with Crippen molar-refractivity contribution in [1.82, 2.24) is 15.1 Å². The standard InChI is InChI=1S/C12H25N3O3/c1-10(2)15(9-6-11(16)17)12(18)14(4)8-5-7-13-3/h10,13H,5-9H2,1-4H3,(H,16,17). The third-order valence-electron chi connectivity index (χ3n) is 2.68. The molecule has 6 nitrogen and oxygen atoms in total. The molecule has 6 heteroatoms. The van der Waals surface area contributed by atoms with Gasteiger partial charge in [-0.1, -0.05) is 0 Å². The minimum absolute atomic E-state index is 0.00333. The van der Waals surface area contributed by atoms with E-state index < -0.39 is 5.97 Å². The van der Waals surface area contributed by atoms with Gasteiger partial charge in [0.1, 0.15) is 0 Å². The molecule has 2 N–H and O–H groups in total. The summed E-state index contributed by atoms with van der Waals surface area (Å²) in [6, 6.07) is -0.106. The maximum Gasteiger partial charge on any atom is 0.319 e. The Morgan fingerprint density at radius 3 is 2.33 bits per heavy atom. The van der Waals surface area contributed by atoms with E-state index in [0.29, 0.717) is 6.54 Å². The topological polar surface area (TPSA) is 72.9 Å². The molecule has 0 aromatic carbocycles. The highest BCUT2D eigenvalue weighted by atomic mass is 16.4. The number of hydrogen-bond acceptors (Lipinski definition) is 3. The second kappa shape index (κ2) is 8.74. The maximum atomic E-state index is 12.1. The molecule has 0 heterocycles. The van der Waals surface area contributed by atoms with Crippen LogP contribution in [-0.2, 0) is 4.79 Å². The summed E-state index contributed by atoms with van der Waals surface area (Å²) in [6.45, 7) is 5.55. The van der Waals surface area contributed by atoms with E-state index >= 15 is 0 Å². The number of carboxylic acid groups (broad SMARTS) is 1. The molecule has 0 unspecified atom stereocenters. The van der Waals surface area contributed by atoms with Crippen LogP contribution < -0.4 is 5.32 Å². The van der Waals surface area contributed by atoms with Crippen LogP contribution in [0.3, 0.4) is 0 Å². The van der Waals surface area contributed by atoms with Crippen molar-refractivity contribution in [2.75, 3.05) is 33.7 Å². The van der Waals surface area contributed by atoms with Gasteiger partial charge in [-0.2, -0.15) is 0 Å². The first-order chi connectivity index (χ1) is 8.40. The van der Waals surface area contributed by atoms with Crippen molar-refractivity contribution in [2.45, 2.75) is 32.7 Å². The molecule has 0 aliphatic carbocycles. The number of hydrogen-bond donors (Lipinski definition) is 2. The molecule has 18 heavy (non-hydrogen) atoms. The van der Waals surface area contributed by atoms with Gasteiger partial charge >= 0.3 is 12.0 Å². The van der Waals surface area contributed by atoms with Crippen LogP contribution in [0.15, 0.2) is 0 Å². The molecule has 0 fully saturated rings. The van der Waals surface area contributed by atoms with Gasteiger partial charge in [0, 0.05) is 26.2 Å². The van der Waals surface area contributed by atoms with E-state index in [4.69, 9.17) is 5.11 Å². The van der Waals surface area contributed by atoms with Crippen LogP contribution in [0.1, 0.15) is 26.7 Å². The Labute approximate surface area is 109 Å². The molecular formula is C12H25N3O3. The fraction of sp³-hybridized carbons (Fsp3) is 0.833. The van der Waals surface area contributed by atoms with Crippen molar-refractivity contribution >= 4 is 12.0 Å². The maximum absolute atomic E-state index is 12.1. The SMILES string of the molecule is CNCCCN(C)C(=O)N(CCC(=O)O)C(C)C. The number of urea groups is 1. The molecule has 0 aliphatic rings. The molecule has 0 atom stereocenters. The summed E-state index contributed by atoms with van der Waals surface area (Å²) >= 11 is 0. The Hall–Kier alpha value is -1.30. The van der Waals surface area contributed by atoms with E-state index in [0.717, 1.165) is 13.0 Å². The molecular weight excluding hydrogens is 234 g/mol. The van der Waals surface area contributed by atoms with Gasteiger partial charge in [-0.05, 0) is 33.9 Å². The lowest BCUT2D eigenvalue weighted by Gasteiger charge is -2.31. The zero-order valence-corrected chi connectivity index (χ0v) is 11.8. The summed E-state index contributed by atoms with van der Waals surface area (Å²) in [7, 11) is 3.61. The Kier molecular flexibility index (Phi) is 8.11. The molecule has 0 spiro atoms. The largest absolute Gasteiger partial charge is 0.481 e. The first kappa shape index (κ1) is 16.7. The van der Waals surface area contributed by atoms with E-state index in [2.05, 4.69) is 5.32 Å². The monoisotopic (exact) mass is 259 g/mol. The molecule has 0 bridgehead atoms. The molecule has 0 saturated heterocycles. The Morgan fingerprint density at radius 2 is 1.89 bits per heavy atom. The van der Waals surface area contributed by atoms with Crippen LogP contribution in [0.5, 0.6) is 0 Å². The summed E-state index contributed by atoms with van der Waals surface area (Å²) < 4.78 is 0. The smallest absolute Gasteiger partial charge is 0.319 e. The van der Waals surface area contributed by atoms with E-state index in [-0.39, 0.29) is 25.0 Å². The molecule has 0 aromatic rings. The summed E-state index contributed by atoms with van der Waals surface area (Å²) in [5, 5.41) is 11.7. The predicted octanol–water partition coefficient (Wildman–Crippen LogP) is 0.833. The van der Waals surface area contributed by atoms with Gasteiger partial charge < -0.3 is 20.2 Å². The summed E-state index contributed by atoms with van der Waals surface area (Å²) in [5.41, 5.74) is 0. The number of carboxylic acids is 1. The lowest BCUT2D eigenvalue weighted by molar-refractivity contribution is -0.137. The van der Waals surface area contributed by atoms with E-state index in [1.54, 1.807) is 16.8 Å². The van der Waals surface area contributed by atoms with Crippen molar-refractivity contribution in [1.29, 1.82) is 0 Å². The fourth-order valence-corrected chi connectivity index (χ4v) is 1.60. The Balaban J connectivity index is 4.31. The van der Waals surface area contributed by atoms with E-state index in [1.165, 1.54) is 0 Å². The van der Waals surface area contributed by atoms with Crippen LogP contribution in [0.4, 0.5) is 4.79 Å². The van der Waals surface area contributed by atoms with Crippen LogP contribution in [0, 0.1) is 0 Å². The Bertz CT molecular complexity index is 269. The average molecular weight is 259 g/mol. The number of aliphatic carboxylic acids is 1. The van der Waals surface area contributed by atoms with Crippen LogP contribution in [0.25, 0.3) is 0 Å². The first-order valence-electron chi connectivity index (χ1n) is 6.28. The number of carbonyl (C=O) groups excluding carboxylic acids is 1. The van der Waals surface area contributed by atoms with Crippen molar-refractivity contribution in [3.63, 3.8) is 0 Å². The molecule has 0 aliphatic heterocycles. The zero-order chi connectivity index (χ0) is 14.1. The predicted molar refractivity (Wildman–Crippen MR) is 70.7 cm³/mol. The average Bonchev–Trinajstić information content (AvgIpc) is 2.28. The number of nitrogens with one attached hydrogen (secondary N) is 1. The summed E-state index contributed by atoms with van der Waals surface area (Å²) in [6.07, 6.45) is 0.859. The highest BCUT2D eigenvalue weighted by Gasteiger charge is 2.20. The van der Waals surface area contributed by atoms with Crippen molar-refractivity contribution in [3.8, 4) is 0 Å². The van der Waals surface area contributed by atoms with E-state index in [1.807, 2.05) is 20.9 Å². The van der Waals surface area contributed by atoms with Gasteiger partial charge in [0.05, 0.1) is 6.42 Å². The quantitative estimate of drug-likeness (QED) is 0.633.